The lowest BCUT2D eigenvalue weighted by Gasteiger charge is -2.16. The van der Waals surface area contributed by atoms with Crippen molar-refractivity contribution in [2.24, 2.45) is 0 Å². The minimum Gasteiger partial charge on any atom is -0.308 e. The summed E-state index contributed by atoms with van der Waals surface area (Å²) in [6.45, 7) is 4.11. The van der Waals surface area contributed by atoms with Crippen molar-refractivity contribution in [3.63, 3.8) is 0 Å². The second kappa shape index (κ2) is 5.74. The molecule has 2 rings (SSSR count). The lowest BCUT2D eigenvalue weighted by atomic mass is 10.0. The van der Waals surface area contributed by atoms with Crippen LogP contribution in [0.3, 0.4) is 0 Å². The second-order valence-corrected chi connectivity index (χ2v) is 4.40. The van der Waals surface area contributed by atoms with Crippen LogP contribution in [-0.2, 0) is 6.42 Å². The van der Waals surface area contributed by atoms with E-state index in [9.17, 15) is 0 Å². The van der Waals surface area contributed by atoms with Gasteiger partial charge in [-0.05, 0) is 31.5 Å². The molecule has 0 saturated carbocycles. The van der Waals surface area contributed by atoms with Crippen LogP contribution >= 0.6 is 0 Å². The minimum atomic E-state index is 0.101. The Morgan fingerprint density at radius 2 is 1.83 bits per heavy atom. The number of aryl methyl sites for hydroxylation is 2. The van der Waals surface area contributed by atoms with Gasteiger partial charge in [0.2, 0.25) is 0 Å². The van der Waals surface area contributed by atoms with Crippen LogP contribution in [0.15, 0.2) is 36.7 Å². The average Bonchev–Trinajstić information content (AvgIpc) is 2.42. The highest BCUT2D eigenvalue weighted by Gasteiger charge is 2.13. The Kier molecular flexibility index (Phi) is 4.05. The van der Waals surface area contributed by atoms with Crippen molar-refractivity contribution in [3.05, 3.63) is 59.2 Å². The smallest absolute Gasteiger partial charge is 0.0801 e. The molecule has 1 aromatic heterocycles. The van der Waals surface area contributed by atoms with Gasteiger partial charge in [0.1, 0.15) is 0 Å². The molecule has 1 atom stereocenters. The summed E-state index contributed by atoms with van der Waals surface area (Å²) in [7, 11) is 1.94. The summed E-state index contributed by atoms with van der Waals surface area (Å²) >= 11 is 0. The Hall–Kier alpha value is -1.74. The molecule has 1 aromatic carbocycles. The van der Waals surface area contributed by atoms with Crippen molar-refractivity contribution in [2.45, 2.75) is 26.3 Å². The van der Waals surface area contributed by atoms with Crippen LogP contribution in [-0.4, -0.2) is 17.0 Å². The van der Waals surface area contributed by atoms with Crippen molar-refractivity contribution in [2.75, 3.05) is 7.05 Å². The van der Waals surface area contributed by atoms with Gasteiger partial charge in [-0.1, -0.05) is 31.2 Å². The summed E-state index contributed by atoms with van der Waals surface area (Å²) in [4.78, 5) is 8.75. The fourth-order valence-corrected chi connectivity index (χ4v) is 1.98. The number of aromatic nitrogens is 2. The van der Waals surface area contributed by atoms with Crippen LogP contribution in [0.4, 0.5) is 0 Å². The molecule has 2 aromatic rings. The summed E-state index contributed by atoms with van der Waals surface area (Å²) in [6, 6.07) is 8.75. The van der Waals surface area contributed by atoms with Crippen LogP contribution < -0.4 is 5.32 Å². The average molecular weight is 241 g/mol. The molecule has 0 bridgehead atoms. The van der Waals surface area contributed by atoms with Crippen LogP contribution in [0.5, 0.6) is 0 Å². The predicted molar refractivity (Wildman–Crippen MR) is 73.5 cm³/mol. The summed E-state index contributed by atoms with van der Waals surface area (Å²) in [5.41, 5.74) is 4.46. The van der Waals surface area contributed by atoms with Gasteiger partial charge in [0.25, 0.3) is 0 Å². The standard InChI is InChI=1S/C15H19N3/c1-4-12-5-7-13(8-6-12)15(16-3)14-10-17-11(2)9-18-14/h5-10,15-16H,4H2,1-3H3. The molecule has 0 aliphatic carbocycles. The van der Waals surface area contributed by atoms with E-state index < -0.39 is 0 Å². The van der Waals surface area contributed by atoms with Gasteiger partial charge in [-0.3, -0.25) is 9.97 Å². The van der Waals surface area contributed by atoms with E-state index >= 15 is 0 Å². The van der Waals surface area contributed by atoms with Crippen LogP contribution in [0.1, 0.15) is 35.5 Å². The molecule has 1 N–H and O–H groups in total. The number of rotatable bonds is 4. The van der Waals surface area contributed by atoms with E-state index in [1.165, 1.54) is 11.1 Å². The normalized spacial score (nSPS) is 12.4. The summed E-state index contributed by atoms with van der Waals surface area (Å²) in [5.74, 6) is 0. The lowest BCUT2D eigenvalue weighted by Crippen LogP contribution is -2.19. The van der Waals surface area contributed by atoms with Crippen molar-refractivity contribution in [3.8, 4) is 0 Å². The van der Waals surface area contributed by atoms with E-state index in [4.69, 9.17) is 0 Å². The van der Waals surface area contributed by atoms with Crippen molar-refractivity contribution in [1.82, 2.24) is 15.3 Å². The summed E-state index contributed by atoms with van der Waals surface area (Å²) in [6.07, 6.45) is 4.71. The molecular weight excluding hydrogens is 222 g/mol. The molecule has 94 valence electrons. The molecule has 0 aliphatic rings. The molecular formula is C15H19N3. The van der Waals surface area contributed by atoms with Crippen LogP contribution in [0, 0.1) is 6.92 Å². The molecule has 0 radical (unpaired) electrons. The molecule has 1 heterocycles. The van der Waals surface area contributed by atoms with E-state index in [-0.39, 0.29) is 6.04 Å². The highest BCUT2D eigenvalue weighted by molar-refractivity contribution is 5.30. The third kappa shape index (κ3) is 2.74. The van der Waals surface area contributed by atoms with Gasteiger partial charge in [0.05, 0.1) is 23.6 Å². The highest BCUT2D eigenvalue weighted by atomic mass is 14.9. The maximum absolute atomic E-state index is 4.44. The van der Waals surface area contributed by atoms with Gasteiger partial charge in [-0.15, -0.1) is 0 Å². The zero-order chi connectivity index (χ0) is 13.0. The molecule has 1 unspecified atom stereocenters. The number of benzene rings is 1. The van der Waals surface area contributed by atoms with Crippen molar-refractivity contribution in [1.29, 1.82) is 0 Å². The first-order valence-corrected chi connectivity index (χ1v) is 6.29. The molecule has 0 aliphatic heterocycles. The van der Waals surface area contributed by atoms with E-state index in [0.29, 0.717) is 0 Å². The fraction of sp³-hybridized carbons (Fsp3) is 0.333. The topological polar surface area (TPSA) is 37.8 Å². The van der Waals surface area contributed by atoms with Gasteiger partial charge < -0.3 is 5.32 Å². The first kappa shape index (κ1) is 12.7. The largest absolute Gasteiger partial charge is 0.308 e. The maximum atomic E-state index is 4.44. The molecule has 0 spiro atoms. The van der Waals surface area contributed by atoms with E-state index in [2.05, 4.69) is 46.5 Å². The van der Waals surface area contributed by atoms with Gasteiger partial charge in [0, 0.05) is 6.20 Å². The van der Waals surface area contributed by atoms with Gasteiger partial charge in [-0.25, -0.2) is 0 Å². The Morgan fingerprint density at radius 3 is 2.33 bits per heavy atom. The Balaban J connectivity index is 2.29. The quantitative estimate of drug-likeness (QED) is 0.894. The van der Waals surface area contributed by atoms with Gasteiger partial charge >= 0.3 is 0 Å². The number of hydrogen-bond donors (Lipinski definition) is 1. The third-order valence-electron chi connectivity index (χ3n) is 3.11. The maximum Gasteiger partial charge on any atom is 0.0801 e. The van der Waals surface area contributed by atoms with Crippen molar-refractivity contribution >= 4 is 0 Å². The molecule has 3 nitrogen and oxygen atoms in total. The monoisotopic (exact) mass is 241 g/mol. The van der Waals surface area contributed by atoms with E-state index in [1.807, 2.05) is 20.2 Å². The first-order valence-electron chi connectivity index (χ1n) is 6.29. The summed E-state index contributed by atoms with van der Waals surface area (Å²) < 4.78 is 0. The predicted octanol–water partition coefficient (Wildman–Crippen LogP) is 2.66. The number of hydrogen-bond acceptors (Lipinski definition) is 3. The third-order valence-corrected chi connectivity index (χ3v) is 3.11. The Morgan fingerprint density at radius 1 is 1.11 bits per heavy atom. The Labute approximate surface area is 108 Å². The van der Waals surface area contributed by atoms with E-state index in [0.717, 1.165) is 17.8 Å². The van der Waals surface area contributed by atoms with Gasteiger partial charge in [-0.2, -0.15) is 0 Å². The number of nitrogens with zero attached hydrogens (tertiary/aromatic N) is 2. The number of nitrogens with one attached hydrogen (secondary N) is 1. The highest BCUT2D eigenvalue weighted by Crippen LogP contribution is 2.20. The van der Waals surface area contributed by atoms with Crippen molar-refractivity contribution < 1.29 is 0 Å². The van der Waals surface area contributed by atoms with E-state index in [1.54, 1.807) is 6.20 Å². The molecule has 0 saturated heterocycles. The van der Waals surface area contributed by atoms with Gasteiger partial charge in [0.15, 0.2) is 0 Å². The molecule has 18 heavy (non-hydrogen) atoms. The molecule has 3 heteroatoms. The SMILES string of the molecule is CCc1ccc(C(NC)c2cnc(C)cn2)cc1. The summed E-state index contributed by atoms with van der Waals surface area (Å²) in [5, 5.41) is 3.29. The minimum absolute atomic E-state index is 0.101. The molecule has 0 amide bonds. The fourth-order valence-electron chi connectivity index (χ4n) is 1.98. The Bertz CT molecular complexity index is 488. The zero-order valence-electron chi connectivity index (χ0n) is 11.1. The van der Waals surface area contributed by atoms with Crippen LogP contribution in [0.2, 0.25) is 0 Å². The zero-order valence-corrected chi connectivity index (χ0v) is 11.1. The molecule has 0 fully saturated rings. The van der Waals surface area contributed by atoms with Crippen LogP contribution in [0.25, 0.3) is 0 Å². The second-order valence-electron chi connectivity index (χ2n) is 4.40. The first-order chi connectivity index (χ1) is 8.74. The lowest BCUT2D eigenvalue weighted by molar-refractivity contribution is 0.665.